The Bertz CT molecular complexity index is 540. The average Bonchev–Trinajstić information content (AvgIpc) is 3.08. The molecule has 1 aromatic rings. The van der Waals surface area contributed by atoms with Gasteiger partial charge in [-0.3, -0.25) is 9.69 Å². The summed E-state index contributed by atoms with van der Waals surface area (Å²) in [5.74, 6) is 0.0571. The van der Waals surface area contributed by atoms with Crippen molar-refractivity contribution < 1.29 is 9.90 Å². The number of nitrogens with one attached hydrogen (secondary N) is 1. The maximum Gasteiger partial charge on any atom is 0.238 e. The van der Waals surface area contributed by atoms with Crippen LogP contribution in [-0.2, 0) is 4.79 Å². The Hall–Kier alpha value is -1.59. The molecule has 0 aromatic heterocycles. The van der Waals surface area contributed by atoms with Crippen molar-refractivity contribution >= 4 is 17.3 Å². The third-order valence-electron chi connectivity index (χ3n) is 5.41. The summed E-state index contributed by atoms with van der Waals surface area (Å²) >= 11 is 0. The second kappa shape index (κ2) is 9.20. The minimum Gasteiger partial charge on any atom is -0.396 e. The summed E-state index contributed by atoms with van der Waals surface area (Å²) in [5.41, 5.74) is 2.12. The van der Waals surface area contributed by atoms with Crippen molar-refractivity contribution in [3.8, 4) is 0 Å². The number of piperidine rings is 1. The summed E-state index contributed by atoms with van der Waals surface area (Å²) in [6.45, 7) is 3.94. The van der Waals surface area contributed by atoms with Gasteiger partial charge in [-0.25, -0.2) is 0 Å². The fourth-order valence-corrected chi connectivity index (χ4v) is 4.05. The van der Waals surface area contributed by atoms with Gasteiger partial charge in [-0.05, 0) is 75.8 Å². The van der Waals surface area contributed by atoms with E-state index in [2.05, 4.69) is 27.2 Å². The molecule has 0 spiro atoms. The van der Waals surface area contributed by atoms with Crippen LogP contribution in [0.1, 0.15) is 44.9 Å². The largest absolute Gasteiger partial charge is 0.396 e. The third-order valence-corrected chi connectivity index (χ3v) is 5.41. The second-order valence-corrected chi connectivity index (χ2v) is 7.28. The third kappa shape index (κ3) is 5.19. The summed E-state index contributed by atoms with van der Waals surface area (Å²) in [7, 11) is 0. The fourth-order valence-electron chi connectivity index (χ4n) is 4.05. The molecule has 0 saturated carbocycles. The van der Waals surface area contributed by atoms with Crippen molar-refractivity contribution in [3.05, 3.63) is 24.3 Å². The average molecular weight is 345 g/mol. The number of carbonyl (C=O) groups excluding carboxylic acids is 1. The van der Waals surface area contributed by atoms with Gasteiger partial charge in [-0.15, -0.1) is 0 Å². The molecule has 0 radical (unpaired) electrons. The Balaban J connectivity index is 1.49. The predicted molar refractivity (Wildman–Crippen MR) is 102 cm³/mol. The van der Waals surface area contributed by atoms with E-state index in [0.29, 0.717) is 12.6 Å². The number of carbonyl (C=O) groups is 1. The number of nitrogens with zero attached hydrogens (tertiary/aromatic N) is 2. The van der Waals surface area contributed by atoms with E-state index in [0.717, 1.165) is 51.0 Å². The van der Waals surface area contributed by atoms with Crippen LogP contribution in [0, 0.1) is 0 Å². The van der Waals surface area contributed by atoms with Gasteiger partial charge in [0.15, 0.2) is 0 Å². The van der Waals surface area contributed by atoms with Gasteiger partial charge < -0.3 is 15.3 Å². The summed E-state index contributed by atoms with van der Waals surface area (Å²) in [6, 6.07) is 8.69. The van der Waals surface area contributed by atoms with Crippen molar-refractivity contribution in [3.63, 3.8) is 0 Å². The van der Waals surface area contributed by atoms with Crippen LogP contribution in [0.2, 0.25) is 0 Å². The van der Waals surface area contributed by atoms with Crippen molar-refractivity contribution in [2.45, 2.75) is 51.0 Å². The van der Waals surface area contributed by atoms with Gasteiger partial charge in [0.25, 0.3) is 0 Å². The quantitative estimate of drug-likeness (QED) is 0.798. The molecule has 2 N–H and O–H groups in total. The van der Waals surface area contributed by atoms with Crippen LogP contribution in [0.15, 0.2) is 24.3 Å². The van der Waals surface area contributed by atoms with Crippen LogP contribution in [0.5, 0.6) is 0 Å². The summed E-state index contributed by atoms with van der Waals surface area (Å²) < 4.78 is 0. The lowest BCUT2D eigenvalue weighted by Crippen LogP contribution is -2.36. The molecule has 2 fully saturated rings. The molecule has 0 bridgehead atoms. The minimum absolute atomic E-state index is 0.0571. The Morgan fingerprint density at radius 2 is 1.84 bits per heavy atom. The van der Waals surface area contributed by atoms with Crippen LogP contribution < -0.4 is 10.2 Å². The van der Waals surface area contributed by atoms with E-state index in [-0.39, 0.29) is 12.5 Å². The number of hydrogen-bond acceptors (Lipinski definition) is 4. The zero-order chi connectivity index (χ0) is 17.5. The van der Waals surface area contributed by atoms with E-state index in [9.17, 15) is 4.79 Å². The number of likely N-dealkylation sites (tertiary alicyclic amines) is 1. The smallest absolute Gasteiger partial charge is 0.238 e. The lowest BCUT2D eigenvalue weighted by molar-refractivity contribution is -0.117. The van der Waals surface area contributed by atoms with Gasteiger partial charge in [0.2, 0.25) is 5.91 Å². The van der Waals surface area contributed by atoms with Gasteiger partial charge in [0.05, 0.1) is 6.54 Å². The molecule has 2 aliphatic heterocycles. The van der Waals surface area contributed by atoms with E-state index in [1.54, 1.807) is 0 Å². The maximum atomic E-state index is 12.4. The van der Waals surface area contributed by atoms with E-state index in [1.165, 1.54) is 24.9 Å². The first-order valence-electron chi connectivity index (χ1n) is 9.76. The highest BCUT2D eigenvalue weighted by molar-refractivity contribution is 5.92. The van der Waals surface area contributed by atoms with Crippen molar-refractivity contribution in [1.82, 2.24) is 4.90 Å². The molecule has 25 heavy (non-hydrogen) atoms. The molecule has 138 valence electrons. The summed E-state index contributed by atoms with van der Waals surface area (Å²) in [4.78, 5) is 17.0. The van der Waals surface area contributed by atoms with Gasteiger partial charge in [-0.1, -0.05) is 0 Å². The summed E-state index contributed by atoms with van der Waals surface area (Å²) in [5, 5.41) is 12.0. The van der Waals surface area contributed by atoms with Crippen LogP contribution in [0.4, 0.5) is 11.4 Å². The highest BCUT2D eigenvalue weighted by Crippen LogP contribution is 2.23. The molecule has 2 heterocycles. The first kappa shape index (κ1) is 18.2. The van der Waals surface area contributed by atoms with E-state index < -0.39 is 0 Å². The highest BCUT2D eigenvalue weighted by atomic mass is 16.3. The predicted octanol–water partition coefficient (Wildman–Crippen LogP) is 2.85. The molecule has 1 unspecified atom stereocenters. The van der Waals surface area contributed by atoms with Crippen LogP contribution >= 0.6 is 0 Å². The highest BCUT2D eigenvalue weighted by Gasteiger charge is 2.25. The first-order chi connectivity index (χ1) is 12.3. The number of benzene rings is 1. The van der Waals surface area contributed by atoms with Crippen LogP contribution in [-0.4, -0.2) is 54.7 Å². The summed E-state index contributed by atoms with van der Waals surface area (Å²) in [6.07, 6.45) is 7.96. The molecule has 2 aliphatic rings. The number of rotatable bonds is 7. The zero-order valence-corrected chi connectivity index (χ0v) is 15.1. The number of aliphatic hydroxyl groups excluding tert-OH is 1. The SMILES string of the molecule is O=C(CN1CCCC1CCCO)Nc1ccc(N2CCCCC2)cc1. The lowest BCUT2D eigenvalue weighted by Gasteiger charge is -2.29. The second-order valence-electron chi connectivity index (χ2n) is 7.28. The van der Waals surface area contributed by atoms with Gasteiger partial charge in [0.1, 0.15) is 0 Å². The topological polar surface area (TPSA) is 55.8 Å². The van der Waals surface area contributed by atoms with Crippen LogP contribution in [0.25, 0.3) is 0 Å². The molecule has 1 amide bonds. The van der Waals surface area contributed by atoms with Gasteiger partial charge >= 0.3 is 0 Å². The normalized spacial score (nSPS) is 21.5. The minimum atomic E-state index is 0.0571. The van der Waals surface area contributed by atoms with Crippen molar-refractivity contribution in [2.24, 2.45) is 0 Å². The molecular weight excluding hydrogens is 314 g/mol. The molecular formula is C20H31N3O2. The van der Waals surface area contributed by atoms with Crippen LogP contribution in [0.3, 0.4) is 0 Å². The lowest BCUT2D eigenvalue weighted by atomic mass is 10.1. The zero-order valence-electron chi connectivity index (χ0n) is 15.1. The maximum absolute atomic E-state index is 12.4. The van der Waals surface area contributed by atoms with E-state index >= 15 is 0 Å². The first-order valence-corrected chi connectivity index (χ1v) is 9.76. The standard InChI is InChI=1S/C20H31N3O2/c24-15-5-7-18-6-4-14-23(18)16-20(25)21-17-8-10-19(11-9-17)22-12-2-1-3-13-22/h8-11,18,24H,1-7,12-16H2,(H,21,25). The monoisotopic (exact) mass is 345 g/mol. The molecule has 5 nitrogen and oxygen atoms in total. The molecule has 1 atom stereocenters. The van der Waals surface area contributed by atoms with Gasteiger partial charge in [0, 0.05) is 37.1 Å². The van der Waals surface area contributed by atoms with E-state index in [4.69, 9.17) is 5.11 Å². The Morgan fingerprint density at radius 1 is 1.08 bits per heavy atom. The molecule has 5 heteroatoms. The van der Waals surface area contributed by atoms with E-state index in [1.807, 2.05) is 12.1 Å². The van der Waals surface area contributed by atoms with Crippen molar-refractivity contribution in [1.29, 1.82) is 0 Å². The molecule has 0 aliphatic carbocycles. The molecule has 3 rings (SSSR count). The number of amides is 1. The fraction of sp³-hybridized carbons (Fsp3) is 0.650. The number of aliphatic hydroxyl groups is 1. The Kier molecular flexibility index (Phi) is 6.70. The number of anilines is 2. The number of hydrogen-bond donors (Lipinski definition) is 2. The molecule has 1 aromatic carbocycles. The Morgan fingerprint density at radius 3 is 2.56 bits per heavy atom. The molecule has 2 saturated heterocycles. The Labute approximate surface area is 151 Å². The van der Waals surface area contributed by atoms with Crippen molar-refractivity contribution in [2.75, 3.05) is 43.0 Å². The van der Waals surface area contributed by atoms with Gasteiger partial charge in [-0.2, -0.15) is 0 Å².